The van der Waals surface area contributed by atoms with Crippen molar-refractivity contribution in [3.05, 3.63) is 64.5 Å². The molecule has 2 amide bonds. The molecular weight excluding hydrogens is 428 g/mol. The second kappa shape index (κ2) is 8.20. The number of hydrogen-bond donors (Lipinski definition) is 0. The molecule has 1 aromatic carbocycles. The van der Waals surface area contributed by atoms with Crippen LogP contribution in [0.25, 0.3) is 0 Å². The fraction of sp³-hybridized carbons (Fsp3) is 0.350. The lowest BCUT2D eigenvalue weighted by atomic mass is 10.0. The van der Waals surface area contributed by atoms with E-state index in [1.54, 1.807) is 0 Å². The van der Waals surface area contributed by atoms with Gasteiger partial charge in [0.2, 0.25) is 0 Å². The van der Waals surface area contributed by atoms with Gasteiger partial charge in [-0.05, 0) is 30.7 Å². The maximum atomic E-state index is 13.1. The number of carbonyl (C=O) groups is 2. The standard InChI is InChI=1S/C20H17F6N3O2/c1-12-2-3-13(9-16(12)20(24,25)26)17(30)28-4-6-29(7-5-28)18(31)14-8-15(11-27-10-14)19(21,22)23/h2-3,8-11H,4-7H2,1H3. The topological polar surface area (TPSA) is 53.5 Å². The summed E-state index contributed by atoms with van der Waals surface area (Å²) in [5.41, 5.74) is -2.31. The van der Waals surface area contributed by atoms with Crippen molar-refractivity contribution in [3.63, 3.8) is 0 Å². The van der Waals surface area contributed by atoms with Crippen molar-refractivity contribution in [2.75, 3.05) is 26.2 Å². The molecule has 0 N–H and O–H groups in total. The Bertz CT molecular complexity index is 995. The smallest absolute Gasteiger partial charge is 0.335 e. The van der Waals surface area contributed by atoms with Crippen molar-refractivity contribution in [1.29, 1.82) is 0 Å². The predicted molar refractivity (Wildman–Crippen MR) is 97.2 cm³/mol. The van der Waals surface area contributed by atoms with Crippen molar-refractivity contribution in [3.8, 4) is 0 Å². The lowest BCUT2D eigenvalue weighted by Crippen LogP contribution is -2.50. The Morgan fingerprint density at radius 2 is 1.35 bits per heavy atom. The predicted octanol–water partition coefficient (Wildman–Crippen LogP) is 4.03. The van der Waals surface area contributed by atoms with Crippen molar-refractivity contribution in [1.82, 2.24) is 14.8 Å². The maximum absolute atomic E-state index is 13.1. The van der Waals surface area contributed by atoms with E-state index >= 15 is 0 Å². The molecule has 0 bridgehead atoms. The fourth-order valence-electron chi connectivity index (χ4n) is 3.25. The number of pyridine rings is 1. The van der Waals surface area contributed by atoms with Gasteiger partial charge in [-0.2, -0.15) is 26.3 Å². The van der Waals surface area contributed by atoms with Crippen LogP contribution in [0.5, 0.6) is 0 Å². The van der Waals surface area contributed by atoms with Gasteiger partial charge >= 0.3 is 12.4 Å². The van der Waals surface area contributed by atoms with Gasteiger partial charge in [-0.1, -0.05) is 6.07 Å². The molecular formula is C20H17F6N3O2. The largest absolute Gasteiger partial charge is 0.417 e. The molecule has 1 aliphatic heterocycles. The third-order valence-electron chi connectivity index (χ3n) is 4.96. The van der Waals surface area contributed by atoms with E-state index < -0.39 is 35.3 Å². The highest BCUT2D eigenvalue weighted by Gasteiger charge is 2.34. The molecule has 0 aliphatic carbocycles. The second-order valence-electron chi connectivity index (χ2n) is 7.07. The number of halogens is 6. The average molecular weight is 445 g/mol. The summed E-state index contributed by atoms with van der Waals surface area (Å²) in [7, 11) is 0. The van der Waals surface area contributed by atoms with E-state index in [1.807, 2.05) is 0 Å². The van der Waals surface area contributed by atoms with Crippen LogP contribution < -0.4 is 0 Å². The molecule has 0 saturated carbocycles. The number of nitrogens with zero attached hydrogens (tertiary/aromatic N) is 3. The zero-order valence-electron chi connectivity index (χ0n) is 16.2. The van der Waals surface area contributed by atoms with E-state index in [0.717, 1.165) is 12.3 Å². The first-order valence-corrected chi connectivity index (χ1v) is 9.16. The van der Waals surface area contributed by atoms with E-state index in [-0.39, 0.29) is 42.9 Å². The van der Waals surface area contributed by atoms with Crippen LogP contribution in [-0.2, 0) is 12.4 Å². The molecule has 0 radical (unpaired) electrons. The SMILES string of the molecule is Cc1ccc(C(=O)N2CCN(C(=O)c3cncc(C(F)(F)F)c3)CC2)cc1C(F)(F)F. The summed E-state index contributed by atoms with van der Waals surface area (Å²) in [5.74, 6) is -1.28. The van der Waals surface area contributed by atoms with E-state index in [4.69, 9.17) is 0 Å². The molecule has 0 spiro atoms. The second-order valence-corrected chi connectivity index (χ2v) is 7.07. The molecule has 1 aromatic heterocycles. The van der Waals surface area contributed by atoms with Gasteiger partial charge in [-0.25, -0.2) is 0 Å². The van der Waals surface area contributed by atoms with Gasteiger partial charge in [-0.15, -0.1) is 0 Å². The summed E-state index contributed by atoms with van der Waals surface area (Å²) in [5, 5.41) is 0. The Hall–Kier alpha value is -3.11. The van der Waals surface area contributed by atoms with Crippen LogP contribution in [0.15, 0.2) is 36.7 Å². The molecule has 0 atom stereocenters. The minimum atomic E-state index is -4.64. The van der Waals surface area contributed by atoms with E-state index in [0.29, 0.717) is 12.3 Å². The molecule has 2 aromatic rings. The summed E-state index contributed by atoms with van der Waals surface area (Å²) >= 11 is 0. The van der Waals surface area contributed by atoms with Crippen molar-refractivity contribution in [2.45, 2.75) is 19.3 Å². The number of aromatic nitrogens is 1. The van der Waals surface area contributed by atoms with Crippen LogP contribution >= 0.6 is 0 Å². The Balaban J connectivity index is 1.69. The molecule has 31 heavy (non-hydrogen) atoms. The van der Waals surface area contributed by atoms with Crippen molar-refractivity contribution >= 4 is 11.8 Å². The minimum absolute atomic E-state index is 0.00540. The lowest BCUT2D eigenvalue weighted by molar-refractivity contribution is -0.138. The first-order valence-electron chi connectivity index (χ1n) is 9.16. The Morgan fingerprint density at radius 3 is 1.87 bits per heavy atom. The molecule has 5 nitrogen and oxygen atoms in total. The zero-order chi connectivity index (χ0) is 23.0. The summed E-state index contributed by atoms with van der Waals surface area (Å²) in [6.07, 6.45) is -7.59. The average Bonchev–Trinajstić information content (AvgIpc) is 2.72. The molecule has 2 heterocycles. The maximum Gasteiger partial charge on any atom is 0.417 e. The monoisotopic (exact) mass is 445 g/mol. The van der Waals surface area contributed by atoms with Gasteiger partial charge in [0, 0.05) is 44.1 Å². The zero-order valence-corrected chi connectivity index (χ0v) is 16.2. The molecule has 166 valence electrons. The molecule has 3 rings (SSSR count). The Kier molecular flexibility index (Phi) is 5.97. The summed E-state index contributed by atoms with van der Waals surface area (Å²) < 4.78 is 77.7. The Labute approximate surface area is 173 Å². The Morgan fingerprint density at radius 1 is 0.806 bits per heavy atom. The highest BCUT2D eigenvalue weighted by atomic mass is 19.4. The minimum Gasteiger partial charge on any atom is -0.335 e. The number of amides is 2. The van der Waals surface area contributed by atoms with Crippen LogP contribution in [0, 0.1) is 6.92 Å². The van der Waals surface area contributed by atoms with E-state index in [1.165, 1.54) is 28.9 Å². The highest BCUT2D eigenvalue weighted by Crippen LogP contribution is 2.33. The van der Waals surface area contributed by atoms with Gasteiger partial charge < -0.3 is 9.80 Å². The van der Waals surface area contributed by atoms with Crippen LogP contribution in [0.2, 0.25) is 0 Å². The first-order chi connectivity index (χ1) is 14.4. The van der Waals surface area contributed by atoms with Gasteiger partial charge in [0.15, 0.2) is 0 Å². The van der Waals surface area contributed by atoms with Gasteiger partial charge in [0.1, 0.15) is 0 Å². The molecule has 1 fully saturated rings. The summed E-state index contributed by atoms with van der Waals surface area (Å²) in [6.45, 7) is 1.42. The molecule has 0 unspecified atom stereocenters. The first kappa shape index (κ1) is 22.6. The highest BCUT2D eigenvalue weighted by molar-refractivity contribution is 5.96. The quantitative estimate of drug-likeness (QED) is 0.657. The molecule has 1 aliphatic rings. The van der Waals surface area contributed by atoms with Gasteiger partial charge in [0.25, 0.3) is 11.8 Å². The fourth-order valence-corrected chi connectivity index (χ4v) is 3.25. The molecule has 1 saturated heterocycles. The van der Waals surface area contributed by atoms with Crippen LogP contribution in [0.1, 0.15) is 37.4 Å². The third kappa shape index (κ3) is 4.97. The number of benzene rings is 1. The van der Waals surface area contributed by atoms with Crippen LogP contribution in [0.3, 0.4) is 0 Å². The van der Waals surface area contributed by atoms with Gasteiger partial charge in [0.05, 0.1) is 16.7 Å². The van der Waals surface area contributed by atoms with Crippen LogP contribution in [0.4, 0.5) is 26.3 Å². The lowest BCUT2D eigenvalue weighted by Gasteiger charge is -2.35. The normalized spacial score (nSPS) is 15.2. The number of rotatable bonds is 2. The summed E-state index contributed by atoms with van der Waals surface area (Å²) in [4.78, 5) is 31.2. The van der Waals surface area contributed by atoms with E-state index in [9.17, 15) is 35.9 Å². The number of carbonyl (C=O) groups excluding carboxylic acids is 2. The third-order valence-corrected chi connectivity index (χ3v) is 4.96. The van der Waals surface area contributed by atoms with Crippen LogP contribution in [-0.4, -0.2) is 52.8 Å². The molecule has 11 heteroatoms. The van der Waals surface area contributed by atoms with Crippen molar-refractivity contribution < 1.29 is 35.9 Å². The number of alkyl halides is 6. The van der Waals surface area contributed by atoms with E-state index in [2.05, 4.69) is 4.98 Å². The number of piperazine rings is 1. The summed E-state index contributed by atoms with van der Waals surface area (Å²) in [6, 6.07) is 4.02. The van der Waals surface area contributed by atoms with Gasteiger partial charge in [-0.3, -0.25) is 14.6 Å². The van der Waals surface area contributed by atoms with Crippen molar-refractivity contribution in [2.24, 2.45) is 0 Å². The number of aryl methyl sites for hydroxylation is 1. The number of hydrogen-bond acceptors (Lipinski definition) is 3.